The molecule has 2 N–H and O–H groups in total. The highest BCUT2D eigenvalue weighted by Crippen LogP contribution is 2.19. The first-order valence-corrected chi connectivity index (χ1v) is 11.5. The third-order valence-corrected chi connectivity index (χ3v) is 6.52. The summed E-state index contributed by atoms with van der Waals surface area (Å²) in [6.07, 6.45) is 4.54. The Balaban J connectivity index is 1.31. The van der Waals surface area contributed by atoms with E-state index in [4.69, 9.17) is 0 Å². The van der Waals surface area contributed by atoms with Crippen LogP contribution >= 0.6 is 0 Å². The van der Waals surface area contributed by atoms with Crippen LogP contribution in [-0.2, 0) is 15.6 Å². The summed E-state index contributed by atoms with van der Waals surface area (Å²) in [5.74, 6) is -0.0956. The highest BCUT2D eigenvalue weighted by atomic mass is 32.2. The van der Waals surface area contributed by atoms with Gasteiger partial charge in [0.25, 0.3) is 5.91 Å². The summed E-state index contributed by atoms with van der Waals surface area (Å²) in [4.78, 5) is 26.5. The van der Waals surface area contributed by atoms with E-state index < -0.39 is 9.84 Å². The van der Waals surface area contributed by atoms with E-state index in [1.807, 2.05) is 0 Å². The maximum absolute atomic E-state index is 12.5. The molecule has 0 spiro atoms. The van der Waals surface area contributed by atoms with Crippen LogP contribution in [0.3, 0.4) is 0 Å². The second-order valence-corrected chi connectivity index (χ2v) is 9.24. The Bertz CT molecular complexity index is 1210. The summed E-state index contributed by atoms with van der Waals surface area (Å²) in [5, 5.41) is 12.6. The van der Waals surface area contributed by atoms with Crippen molar-refractivity contribution in [2.45, 2.75) is 16.7 Å². The molecule has 0 bridgehead atoms. The number of carbonyl (C=O) groups excluding carboxylic acids is 1. The zero-order valence-electron chi connectivity index (χ0n) is 17.0. The number of hydrogen-bond acceptors (Lipinski definition) is 8. The third kappa shape index (κ3) is 5.09. The molecular formula is C22H21N5O4S. The second-order valence-electron chi connectivity index (χ2n) is 7.25. The molecule has 1 atom stereocenters. The molecule has 0 fully saturated rings. The molecule has 32 heavy (non-hydrogen) atoms. The van der Waals surface area contributed by atoms with Gasteiger partial charge < -0.3 is 10.4 Å². The zero-order chi connectivity index (χ0) is 22.6. The van der Waals surface area contributed by atoms with Gasteiger partial charge in [-0.3, -0.25) is 14.7 Å². The van der Waals surface area contributed by atoms with Gasteiger partial charge in [0.05, 0.1) is 23.8 Å². The fourth-order valence-electron chi connectivity index (χ4n) is 3.19. The highest BCUT2D eigenvalue weighted by molar-refractivity contribution is 7.90. The predicted molar refractivity (Wildman–Crippen MR) is 119 cm³/mol. The van der Waals surface area contributed by atoms with Crippen LogP contribution in [0.15, 0.2) is 76.9 Å². The summed E-state index contributed by atoms with van der Waals surface area (Å²) in [7, 11) is -3.54. The van der Waals surface area contributed by atoms with Gasteiger partial charge in [-0.2, -0.15) is 0 Å². The molecule has 0 aliphatic carbocycles. The lowest BCUT2D eigenvalue weighted by Crippen LogP contribution is -2.32. The van der Waals surface area contributed by atoms with Crippen molar-refractivity contribution in [3.05, 3.63) is 78.4 Å². The Morgan fingerprint density at radius 3 is 2.44 bits per heavy atom. The van der Waals surface area contributed by atoms with Crippen LogP contribution in [-0.4, -0.2) is 59.8 Å². The van der Waals surface area contributed by atoms with E-state index in [-0.39, 0.29) is 34.2 Å². The number of nitrogens with one attached hydrogen (secondary N) is 1. The Morgan fingerprint density at radius 1 is 1.06 bits per heavy atom. The van der Waals surface area contributed by atoms with E-state index in [0.717, 1.165) is 5.69 Å². The Kier molecular flexibility index (Phi) is 6.13. The van der Waals surface area contributed by atoms with Gasteiger partial charge >= 0.3 is 0 Å². The summed E-state index contributed by atoms with van der Waals surface area (Å²) in [6, 6.07) is 14.0. The van der Waals surface area contributed by atoms with E-state index in [2.05, 4.69) is 20.3 Å². The molecule has 1 unspecified atom stereocenters. The monoisotopic (exact) mass is 451 g/mol. The maximum atomic E-state index is 12.5. The Hall–Kier alpha value is -3.79. The summed E-state index contributed by atoms with van der Waals surface area (Å²) in [5.41, 5.74) is 1.22. The smallest absolute Gasteiger partial charge is 0.259 e. The third-order valence-electron chi connectivity index (χ3n) is 4.89. The number of phenols is 1. The normalized spacial score (nSPS) is 15.6. The molecule has 1 aliphatic heterocycles. The molecule has 1 aromatic heterocycles. The van der Waals surface area contributed by atoms with Gasteiger partial charge in [-0.25, -0.2) is 18.4 Å². The number of nitrogens with zero attached hydrogens (tertiary/aromatic N) is 4. The molecule has 0 radical (unpaired) electrons. The van der Waals surface area contributed by atoms with E-state index in [9.17, 15) is 18.3 Å². The van der Waals surface area contributed by atoms with Gasteiger partial charge in [-0.05, 0) is 54.6 Å². The summed E-state index contributed by atoms with van der Waals surface area (Å²) < 4.78 is 25.1. The molecule has 3 aromatic rings. The number of hydrogen-bond donors (Lipinski definition) is 2. The van der Waals surface area contributed by atoms with Crippen molar-refractivity contribution in [3.63, 3.8) is 0 Å². The number of benzene rings is 2. The number of amides is 1. The predicted octanol–water partition coefficient (Wildman–Crippen LogP) is 2.12. The van der Waals surface area contributed by atoms with E-state index >= 15 is 0 Å². The van der Waals surface area contributed by atoms with Gasteiger partial charge in [-0.15, -0.1) is 0 Å². The number of sulfone groups is 1. The Labute approximate surface area is 185 Å². The lowest BCUT2D eigenvalue weighted by molar-refractivity contribution is 0.0857. The lowest BCUT2D eigenvalue weighted by Gasteiger charge is -2.15. The maximum Gasteiger partial charge on any atom is 0.259 e. The molecular weight excluding hydrogens is 430 g/mol. The minimum atomic E-state index is -3.54. The lowest BCUT2D eigenvalue weighted by atomic mass is 10.2. The second kappa shape index (κ2) is 9.15. The molecule has 10 heteroatoms. The summed E-state index contributed by atoms with van der Waals surface area (Å²) >= 11 is 0. The van der Waals surface area contributed by atoms with Gasteiger partial charge in [0.1, 0.15) is 17.3 Å². The number of phenolic OH excluding ortho intramolecular Hbond substituents is 1. The number of aliphatic imine (C=N–C) groups is 1. The van der Waals surface area contributed by atoms with Gasteiger partial charge in [-0.1, -0.05) is 0 Å². The quantitative estimate of drug-likeness (QED) is 0.564. The fraction of sp³-hybridized carbons (Fsp3) is 0.182. The molecule has 164 valence electrons. The fourth-order valence-corrected chi connectivity index (χ4v) is 4.40. The molecule has 1 amide bonds. The molecule has 1 aliphatic rings. The average Bonchev–Trinajstić information content (AvgIpc) is 3.27. The van der Waals surface area contributed by atoms with Crippen LogP contribution in [0.2, 0.25) is 0 Å². The highest BCUT2D eigenvalue weighted by Gasteiger charge is 2.23. The van der Waals surface area contributed by atoms with Gasteiger partial charge in [0, 0.05) is 30.2 Å². The van der Waals surface area contributed by atoms with E-state index in [0.29, 0.717) is 18.7 Å². The van der Waals surface area contributed by atoms with Crippen LogP contribution in [0.25, 0.3) is 0 Å². The van der Waals surface area contributed by atoms with Crippen molar-refractivity contribution < 1.29 is 18.3 Å². The number of anilines is 1. The first-order valence-electron chi connectivity index (χ1n) is 9.86. The Morgan fingerprint density at radius 2 is 1.75 bits per heavy atom. The van der Waals surface area contributed by atoms with Crippen molar-refractivity contribution in [2.24, 2.45) is 4.99 Å². The standard InChI is InChI=1S/C22H21N5O4S/c28-19-6-2-16(3-7-19)22(29)27-13-18(26-15-27)12-25-17-4-8-20(9-5-17)32(30,31)14-21-23-10-1-11-24-21/h1-11,15,18,25,28H,12-14H2. The molecule has 0 saturated heterocycles. The zero-order valence-corrected chi connectivity index (χ0v) is 17.8. The van der Waals surface area contributed by atoms with Crippen LogP contribution in [0, 0.1) is 0 Å². The van der Waals surface area contributed by atoms with Crippen molar-refractivity contribution in [2.75, 3.05) is 18.4 Å². The van der Waals surface area contributed by atoms with Crippen molar-refractivity contribution in [1.82, 2.24) is 14.9 Å². The largest absolute Gasteiger partial charge is 0.508 e. The van der Waals surface area contributed by atoms with Crippen molar-refractivity contribution in [1.29, 1.82) is 0 Å². The van der Waals surface area contributed by atoms with Crippen molar-refractivity contribution >= 4 is 27.8 Å². The minimum Gasteiger partial charge on any atom is -0.508 e. The minimum absolute atomic E-state index is 0.103. The molecule has 9 nitrogen and oxygen atoms in total. The van der Waals surface area contributed by atoms with E-state index in [1.165, 1.54) is 35.8 Å². The number of rotatable bonds is 7. The van der Waals surface area contributed by atoms with Crippen LogP contribution in [0.4, 0.5) is 5.69 Å². The van der Waals surface area contributed by atoms with Crippen LogP contribution in [0.1, 0.15) is 16.2 Å². The first kappa shape index (κ1) is 21.4. The molecule has 2 aromatic carbocycles. The molecule has 2 heterocycles. The molecule has 4 rings (SSSR count). The van der Waals surface area contributed by atoms with Crippen LogP contribution < -0.4 is 5.32 Å². The van der Waals surface area contributed by atoms with Gasteiger partial charge in [0.2, 0.25) is 0 Å². The number of aromatic nitrogens is 2. The average molecular weight is 452 g/mol. The topological polar surface area (TPSA) is 125 Å². The van der Waals surface area contributed by atoms with Crippen LogP contribution in [0.5, 0.6) is 5.75 Å². The summed E-state index contributed by atoms with van der Waals surface area (Å²) in [6.45, 7) is 0.913. The van der Waals surface area contributed by atoms with E-state index in [1.54, 1.807) is 42.5 Å². The number of carbonyl (C=O) groups is 1. The molecule has 0 saturated carbocycles. The first-order chi connectivity index (χ1) is 15.4. The van der Waals surface area contributed by atoms with Gasteiger partial charge in [0.15, 0.2) is 9.84 Å². The van der Waals surface area contributed by atoms with Crippen molar-refractivity contribution in [3.8, 4) is 5.75 Å². The number of aromatic hydroxyl groups is 1. The SMILES string of the molecule is O=C(c1ccc(O)cc1)N1C=NC(CNc2ccc(S(=O)(=O)Cc3ncccn3)cc2)C1.